The molecule has 0 spiro atoms. The fourth-order valence-electron chi connectivity index (χ4n) is 2.27. The van der Waals surface area contributed by atoms with Gasteiger partial charge >= 0.3 is 18.1 Å². The molecule has 30 heavy (non-hydrogen) atoms. The van der Waals surface area contributed by atoms with E-state index in [0.717, 1.165) is 0 Å². The van der Waals surface area contributed by atoms with Gasteiger partial charge in [-0.2, -0.15) is 13.2 Å². The third-order valence-electron chi connectivity index (χ3n) is 3.63. The van der Waals surface area contributed by atoms with E-state index in [9.17, 15) is 27.6 Å². The van der Waals surface area contributed by atoms with Crippen LogP contribution in [0.3, 0.4) is 0 Å². The van der Waals surface area contributed by atoms with Crippen molar-refractivity contribution < 1.29 is 41.8 Å². The largest absolute Gasteiger partial charge is 0.465 e. The lowest BCUT2D eigenvalue weighted by atomic mass is 10.1. The highest BCUT2D eigenvalue weighted by molar-refractivity contribution is 5.97. The summed E-state index contributed by atoms with van der Waals surface area (Å²) in [4.78, 5) is 35.4. The number of halogens is 3. The Kier molecular flexibility index (Phi) is 7.93. The molecule has 0 aliphatic rings. The van der Waals surface area contributed by atoms with Gasteiger partial charge in [-0.3, -0.25) is 4.79 Å². The summed E-state index contributed by atoms with van der Waals surface area (Å²) in [5, 5.41) is 2.48. The average molecular weight is 425 g/mol. The van der Waals surface area contributed by atoms with Crippen LogP contribution in [0.1, 0.15) is 26.3 Å². The number of carbonyl (C=O) groups excluding carboxylic acids is 3. The van der Waals surface area contributed by atoms with Gasteiger partial charge in [-0.25, -0.2) is 9.59 Å². The van der Waals surface area contributed by atoms with Crippen molar-refractivity contribution in [3.8, 4) is 0 Å². The monoisotopic (exact) mass is 425 g/mol. The van der Waals surface area contributed by atoms with E-state index in [1.807, 2.05) is 0 Å². The number of benzene rings is 2. The van der Waals surface area contributed by atoms with Crippen LogP contribution in [0.5, 0.6) is 0 Å². The van der Waals surface area contributed by atoms with Crippen LogP contribution in [0.15, 0.2) is 48.5 Å². The van der Waals surface area contributed by atoms with E-state index >= 15 is 0 Å². The first-order valence-electron chi connectivity index (χ1n) is 8.57. The Morgan fingerprint density at radius 1 is 0.967 bits per heavy atom. The number of hydrogen-bond acceptors (Lipinski definition) is 6. The molecule has 2 aromatic carbocycles. The number of carbonyl (C=O) groups is 3. The summed E-state index contributed by atoms with van der Waals surface area (Å²) in [6.45, 7) is -2.20. The van der Waals surface area contributed by atoms with Crippen LogP contribution in [0, 0.1) is 0 Å². The molecule has 0 heterocycles. The molecule has 1 amide bonds. The number of rotatable bonds is 8. The molecule has 0 aliphatic carbocycles. The van der Waals surface area contributed by atoms with E-state index in [1.54, 1.807) is 12.1 Å². The lowest BCUT2D eigenvalue weighted by Crippen LogP contribution is -2.21. The molecule has 2 aromatic rings. The van der Waals surface area contributed by atoms with Crippen LogP contribution >= 0.6 is 0 Å². The predicted molar refractivity (Wildman–Crippen MR) is 98.8 cm³/mol. The Labute approximate surface area is 169 Å². The zero-order valence-corrected chi connectivity index (χ0v) is 15.8. The first-order chi connectivity index (χ1) is 14.2. The Hall–Kier alpha value is -3.40. The van der Waals surface area contributed by atoms with Gasteiger partial charge in [-0.15, -0.1) is 0 Å². The molecule has 0 aliphatic heterocycles. The van der Waals surface area contributed by atoms with Gasteiger partial charge in [-0.1, -0.05) is 18.2 Å². The van der Waals surface area contributed by atoms with Gasteiger partial charge in [0.1, 0.15) is 6.61 Å². The van der Waals surface area contributed by atoms with Crippen LogP contribution in [-0.4, -0.2) is 44.3 Å². The number of nitrogens with one attached hydrogen (secondary N) is 1. The molecular weight excluding hydrogens is 407 g/mol. The molecule has 0 saturated heterocycles. The maximum atomic E-state index is 12.0. The zero-order chi connectivity index (χ0) is 22.1. The third-order valence-corrected chi connectivity index (χ3v) is 3.63. The maximum Gasteiger partial charge on any atom is 0.411 e. The topological polar surface area (TPSA) is 90.9 Å². The van der Waals surface area contributed by atoms with E-state index in [0.29, 0.717) is 11.3 Å². The van der Waals surface area contributed by atoms with E-state index in [2.05, 4.69) is 14.8 Å². The fourth-order valence-corrected chi connectivity index (χ4v) is 2.27. The van der Waals surface area contributed by atoms with Gasteiger partial charge in [0.25, 0.3) is 5.91 Å². The fraction of sp³-hybridized carbons (Fsp3) is 0.250. The number of ether oxygens (including phenoxy) is 3. The van der Waals surface area contributed by atoms with E-state index in [4.69, 9.17) is 4.74 Å². The number of amides is 1. The highest BCUT2D eigenvalue weighted by Crippen LogP contribution is 2.16. The molecule has 0 aromatic heterocycles. The van der Waals surface area contributed by atoms with Crippen LogP contribution < -0.4 is 5.32 Å². The summed E-state index contributed by atoms with van der Waals surface area (Å²) in [5.41, 5.74) is 1.13. The van der Waals surface area contributed by atoms with Crippen LogP contribution in [0.2, 0.25) is 0 Å². The summed E-state index contributed by atoms with van der Waals surface area (Å²) >= 11 is 0. The van der Waals surface area contributed by atoms with Crippen molar-refractivity contribution in [2.24, 2.45) is 0 Å². The van der Waals surface area contributed by atoms with Crippen molar-refractivity contribution >= 4 is 23.5 Å². The molecule has 0 radical (unpaired) electrons. The Morgan fingerprint density at radius 2 is 1.67 bits per heavy atom. The summed E-state index contributed by atoms with van der Waals surface area (Å²) in [5.74, 6) is -1.97. The highest BCUT2D eigenvalue weighted by atomic mass is 19.4. The van der Waals surface area contributed by atoms with Gasteiger partial charge < -0.3 is 19.5 Å². The molecule has 7 nitrogen and oxygen atoms in total. The standard InChI is InChI=1S/C20H18F3NO6/c1-28-18(26)15-3-2-4-16(9-15)24-17(25)11-30-19(27)14-7-5-13(6-8-14)10-29-12-20(21,22)23/h2-9H,10-12H2,1H3,(H,24,25). The summed E-state index contributed by atoms with van der Waals surface area (Å²) in [6.07, 6.45) is -4.41. The molecule has 0 fully saturated rings. The second kappa shape index (κ2) is 10.4. The Balaban J connectivity index is 1.82. The molecular formula is C20H18F3NO6. The number of methoxy groups -OCH3 is 1. The zero-order valence-electron chi connectivity index (χ0n) is 15.8. The molecule has 2 rings (SSSR count). The SMILES string of the molecule is COC(=O)c1cccc(NC(=O)COC(=O)c2ccc(COCC(F)(F)F)cc2)c1. The van der Waals surface area contributed by atoms with Gasteiger partial charge in [0.15, 0.2) is 6.61 Å². The van der Waals surface area contributed by atoms with Crippen LogP contribution in [0.4, 0.5) is 18.9 Å². The Morgan fingerprint density at radius 3 is 2.30 bits per heavy atom. The molecule has 1 N–H and O–H groups in total. The van der Waals surface area contributed by atoms with E-state index < -0.39 is 37.2 Å². The molecule has 0 unspecified atom stereocenters. The summed E-state index contributed by atoms with van der Waals surface area (Å²) in [6, 6.07) is 11.6. The molecule has 0 bridgehead atoms. The summed E-state index contributed by atoms with van der Waals surface area (Å²) < 4.78 is 50.2. The number of esters is 2. The predicted octanol–water partition coefficient (Wildman–Crippen LogP) is 3.35. The minimum Gasteiger partial charge on any atom is -0.465 e. The normalized spacial score (nSPS) is 10.9. The highest BCUT2D eigenvalue weighted by Gasteiger charge is 2.27. The minimum atomic E-state index is -4.41. The van der Waals surface area contributed by atoms with Gasteiger partial charge in [-0.05, 0) is 35.9 Å². The van der Waals surface area contributed by atoms with Crippen molar-refractivity contribution in [1.82, 2.24) is 0 Å². The molecule has 160 valence electrons. The number of alkyl halides is 3. The lowest BCUT2D eigenvalue weighted by Gasteiger charge is -2.09. The lowest BCUT2D eigenvalue weighted by molar-refractivity contribution is -0.176. The van der Waals surface area contributed by atoms with Gasteiger partial charge in [0.2, 0.25) is 0 Å². The number of hydrogen-bond donors (Lipinski definition) is 1. The first-order valence-corrected chi connectivity index (χ1v) is 8.57. The molecule has 0 atom stereocenters. The van der Waals surface area contributed by atoms with Crippen LogP contribution in [0.25, 0.3) is 0 Å². The average Bonchev–Trinajstić information content (AvgIpc) is 2.71. The van der Waals surface area contributed by atoms with Crippen molar-refractivity contribution in [2.75, 3.05) is 25.6 Å². The molecule has 0 saturated carbocycles. The number of anilines is 1. The first kappa shape index (κ1) is 22.9. The molecule has 10 heteroatoms. The second-order valence-corrected chi connectivity index (χ2v) is 6.00. The van der Waals surface area contributed by atoms with E-state index in [1.165, 1.54) is 43.5 Å². The van der Waals surface area contributed by atoms with Crippen molar-refractivity contribution in [3.63, 3.8) is 0 Å². The quantitative estimate of drug-likeness (QED) is 0.653. The smallest absolute Gasteiger partial charge is 0.411 e. The third kappa shape index (κ3) is 7.55. The van der Waals surface area contributed by atoms with E-state index in [-0.39, 0.29) is 17.7 Å². The second-order valence-electron chi connectivity index (χ2n) is 6.00. The van der Waals surface area contributed by atoms with Gasteiger partial charge in [0, 0.05) is 5.69 Å². The summed E-state index contributed by atoms with van der Waals surface area (Å²) in [7, 11) is 1.23. The minimum absolute atomic E-state index is 0.120. The van der Waals surface area contributed by atoms with Crippen molar-refractivity contribution in [1.29, 1.82) is 0 Å². The van der Waals surface area contributed by atoms with Crippen molar-refractivity contribution in [3.05, 3.63) is 65.2 Å². The van der Waals surface area contributed by atoms with Gasteiger partial charge in [0.05, 0.1) is 24.8 Å². The van der Waals surface area contributed by atoms with Crippen molar-refractivity contribution in [2.45, 2.75) is 12.8 Å². The Bertz CT molecular complexity index is 896. The van der Waals surface area contributed by atoms with Crippen LogP contribution in [-0.2, 0) is 25.6 Å². The maximum absolute atomic E-state index is 12.0.